The van der Waals surface area contributed by atoms with Gasteiger partial charge in [-0.3, -0.25) is 9.59 Å². The third-order valence-corrected chi connectivity index (χ3v) is 2.65. The molecule has 1 aliphatic carbocycles. The molecule has 1 aliphatic rings. The molecular weight excluding hydrogens is 198 g/mol. The Labute approximate surface area is 88.8 Å². The average molecular weight is 215 g/mol. The van der Waals surface area contributed by atoms with Gasteiger partial charge in [-0.25, -0.2) is 0 Å². The second-order valence-corrected chi connectivity index (χ2v) is 3.97. The van der Waals surface area contributed by atoms with Gasteiger partial charge >= 0.3 is 5.97 Å². The maximum absolute atomic E-state index is 11.2. The Morgan fingerprint density at radius 1 is 1.47 bits per heavy atom. The van der Waals surface area contributed by atoms with E-state index in [-0.39, 0.29) is 30.9 Å². The lowest BCUT2D eigenvalue weighted by Gasteiger charge is -2.12. The molecule has 2 atom stereocenters. The summed E-state index contributed by atoms with van der Waals surface area (Å²) in [7, 11) is 1.47. The monoisotopic (exact) mass is 215 g/mol. The molecule has 1 rings (SSSR count). The number of hydrogen-bond acceptors (Lipinski definition) is 3. The maximum Gasteiger partial charge on any atom is 0.303 e. The number of carboxylic acid groups (broad SMARTS) is 1. The van der Waals surface area contributed by atoms with Crippen LogP contribution in [0.3, 0.4) is 0 Å². The maximum atomic E-state index is 11.2. The second kappa shape index (κ2) is 5.70. The molecule has 1 amide bonds. The summed E-state index contributed by atoms with van der Waals surface area (Å²) in [6, 6.07) is 0.122. The Kier molecular flexibility index (Phi) is 4.55. The van der Waals surface area contributed by atoms with Crippen LogP contribution in [0.1, 0.15) is 25.7 Å². The number of carbonyl (C=O) groups excluding carboxylic acids is 1. The number of carboxylic acids is 1. The second-order valence-electron chi connectivity index (χ2n) is 3.97. The average Bonchev–Trinajstić information content (AvgIpc) is 2.51. The highest BCUT2D eigenvalue weighted by atomic mass is 16.5. The van der Waals surface area contributed by atoms with Gasteiger partial charge in [0, 0.05) is 19.6 Å². The van der Waals surface area contributed by atoms with Crippen LogP contribution < -0.4 is 5.32 Å². The number of methoxy groups -OCH3 is 1. The SMILES string of the molecule is COCC(=O)NC1CCC(CC(=O)O)C1. The fourth-order valence-electron chi connectivity index (χ4n) is 2.04. The number of hydrogen-bond donors (Lipinski definition) is 2. The number of rotatable bonds is 5. The van der Waals surface area contributed by atoms with Crippen LogP contribution in [0.15, 0.2) is 0 Å². The largest absolute Gasteiger partial charge is 0.481 e. The summed E-state index contributed by atoms with van der Waals surface area (Å²) < 4.78 is 4.70. The van der Waals surface area contributed by atoms with Gasteiger partial charge in [0.1, 0.15) is 6.61 Å². The van der Waals surface area contributed by atoms with Crippen molar-refractivity contribution in [1.82, 2.24) is 5.32 Å². The molecular formula is C10H17NO4. The van der Waals surface area contributed by atoms with Crippen LogP contribution in [0.5, 0.6) is 0 Å². The predicted molar refractivity (Wildman–Crippen MR) is 53.4 cm³/mol. The van der Waals surface area contributed by atoms with Crippen LogP contribution in [0.25, 0.3) is 0 Å². The number of carbonyl (C=O) groups is 2. The van der Waals surface area contributed by atoms with E-state index in [0.717, 1.165) is 19.3 Å². The summed E-state index contributed by atoms with van der Waals surface area (Å²) in [5.41, 5.74) is 0. The van der Waals surface area contributed by atoms with Gasteiger partial charge in [0.15, 0.2) is 0 Å². The first-order valence-corrected chi connectivity index (χ1v) is 5.12. The van der Waals surface area contributed by atoms with Crippen LogP contribution in [0.2, 0.25) is 0 Å². The van der Waals surface area contributed by atoms with E-state index in [1.807, 2.05) is 0 Å². The van der Waals surface area contributed by atoms with Crippen molar-refractivity contribution in [1.29, 1.82) is 0 Å². The standard InChI is InChI=1S/C10H17NO4/c1-15-6-9(12)11-8-3-2-7(4-8)5-10(13)14/h7-8H,2-6H2,1H3,(H,11,12)(H,13,14). The van der Waals surface area contributed by atoms with Gasteiger partial charge in [0.05, 0.1) is 0 Å². The van der Waals surface area contributed by atoms with E-state index in [1.54, 1.807) is 0 Å². The molecule has 5 nitrogen and oxygen atoms in total. The molecule has 1 fully saturated rings. The van der Waals surface area contributed by atoms with Crippen molar-refractivity contribution < 1.29 is 19.4 Å². The van der Waals surface area contributed by atoms with Crippen molar-refractivity contribution in [2.24, 2.45) is 5.92 Å². The highest BCUT2D eigenvalue weighted by Gasteiger charge is 2.27. The lowest BCUT2D eigenvalue weighted by Crippen LogP contribution is -2.35. The molecule has 0 aliphatic heterocycles. The van der Waals surface area contributed by atoms with Gasteiger partial charge in [-0.15, -0.1) is 0 Å². The molecule has 0 bridgehead atoms. The molecule has 15 heavy (non-hydrogen) atoms. The zero-order valence-corrected chi connectivity index (χ0v) is 8.86. The van der Waals surface area contributed by atoms with Crippen molar-refractivity contribution >= 4 is 11.9 Å². The molecule has 0 radical (unpaired) electrons. The molecule has 2 N–H and O–H groups in total. The Morgan fingerprint density at radius 2 is 2.20 bits per heavy atom. The van der Waals surface area contributed by atoms with Crippen LogP contribution in [-0.2, 0) is 14.3 Å². The molecule has 0 aromatic rings. The van der Waals surface area contributed by atoms with Crippen LogP contribution in [0, 0.1) is 5.92 Å². The lowest BCUT2D eigenvalue weighted by molar-refractivity contribution is -0.138. The zero-order chi connectivity index (χ0) is 11.3. The molecule has 0 heterocycles. The smallest absolute Gasteiger partial charge is 0.303 e. The molecule has 0 saturated heterocycles. The van der Waals surface area contributed by atoms with E-state index in [2.05, 4.69) is 5.32 Å². The quantitative estimate of drug-likeness (QED) is 0.695. The van der Waals surface area contributed by atoms with E-state index in [1.165, 1.54) is 7.11 Å². The summed E-state index contributed by atoms with van der Waals surface area (Å²) in [5, 5.41) is 11.4. The molecule has 0 spiro atoms. The van der Waals surface area contributed by atoms with Gasteiger partial charge in [0.25, 0.3) is 0 Å². The van der Waals surface area contributed by atoms with Gasteiger partial charge in [-0.1, -0.05) is 0 Å². The van der Waals surface area contributed by atoms with E-state index in [0.29, 0.717) is 0 Å². The first kappa shape index (κ1) is 12.0. The number of amides is 1. The third kappa shape index (κ3) is 4.29. The van der Waals surface area contributed by atoms with Gasteiger partial charge in [-0.05, 0) is 25.2 Å². The minimum absolute atomic E-state index is 0.0695. The minimum Gasteiger partial charge on any atom is -0.481 e. The van der Waals surface area contributed by atoms with Gasteiger partial charge in [0.2, 0.25) is 5.91 Å². The number of nitrogens with one attached hydrogen (secondary N) is 1. The summed E-state index contributed by atoms with van der Waals surface area (Å²) in [5.74, 6) is -0.683. The number of ether oxygens (including phenoxy) is 1. The fourth-order valence-corrected chi connectivity index (χ4v) is 2.04. The van der Waals surface area contributed by atoms with Crippen molar-refractivity contribution in [3.05, 3.63) is 0 Å². The molecule has 5 heteroatoms. The molecule has 0 aromatic carbocycles. The highest BCUT2D eigenvalue weighted by Crippen LogP contribution is 2.28. The van der Waals surface area contributed by atoms with Crippen LogP contribution >= 0.6 is 0 Å². The van der Waals surface area contributed by atoms with Crippen molar-refractivity contribution in [3.8, 4) is 0 Å². The van der Waals surface area contributed by atoms with E-state index < -0.39 is 5.97 Å². The van der Waals surface area contributed by atoms with Gasteiger partial charge in [-0.2, -0.15) is 0 Å². The fraction of sp³-hybridized carbons (Fsp3) is 0.800. The summed E-state index contributed by atoms with van der Waals surface area (Å²) in [6.07, 6.45) is 2.72. The Balaban J connectivity index is 2.24. The lowest BCUT2D eigenvalue weighted by atomic mass is 10.0. The van der Waals surface area contributed by atoms with Crippen molar-refractivity contribution in [3.63, 3.8) is 0 Å². The minimum atomic E-state index is -0.760. The first-order chi connectivity index (χ1) is 7.11. The molecule has 2 unspecified atom stereocenters. The molecule has 0 aromatic heterocycles. The van der Waals surface area contributed by atoms with E-state index >= 15 is 0 Å². The topological polar surface area (TPSA) is 75.6 Å². The number of aliphatic carboxylic acids is 1. The van der Waals surface area contributed by atoms with Crippen LogP contribution in [0.4, 0.5) is 0 Å². The Hall–Kier alpha value is -1.10. The Bertz CT molecular complexity index is 242. The van der Waals surface area contributed by atoms with E-state index in [4.69, 9.17) is 9.84 Å². The molecule has 86 valence electrons. The summed E-state index contributed by atoms with van der Waals surface area (Å²) in [4.78, 5) is 21.7. The zero-order valence-electron chi connectivity index (χ0n) is 8.86. The highest BCUT2D eigenvalue weighted by molar-refractivity contribution is 5.77. The van der Waals surface area contributed by atoms with Gasteiger partial charge < -0.3 is 15.2 Å². The third-order valence-electron chi connectivity index (χ3n) is 2.65. The molecule has 1 saturated carbocycles. The first-order valence-electron chi connectivity index (χ1n) is 5.12. The predicted octanol–water partition coefficient (Wildman–Crippen LogP) is 0.392. The normalized spacial score (nSPS) is 25.1. The summed E-state index contributed by atoms with van der Waals surface area (Å²) >= 11 is 0. The van der Waals surface area contributed by atoms with E-state index in [9.17, 15) is 9.59 Å². The Morgan fingerprint density at radius 3 is 2.80 bits per heavy atom. The van der Waals surface area contributed by atoms with Crippen LogP contribution in [-0.4, -0.2) is 36.7 Å². The van der Waals surface area contributed by atoms with Crippen molar-refractivity contribution in [2.75, 3.05) is 13.7 Å². The van der Waals surface area contributed by atoms with Crippen molar-refractivity contribution in [2.45, 2.75) is 31.7 Å². The summed E-state index contributed by atoms with van der Waals surface area (Å²) in [6.45, 7) is 0.0695.